The van der Waals surface area contributed by atoms with Crippen molar-refractivity contribution in [2.45, 2.75) is 267 Å². The Kier molecular flexibility index (Phi) is 55.5. The molecule has 498 valence electrons. The van der Waals surface area contributed by atoms with Crippen molar-refractivity contribution in [2.24, 2.45) is 0 Å². The molecule has 0 saturated carbocycles. The first-order valence-corrected chi connectivity index (χ1v) is 33.3. The molecular formula is C69H130N4O12. The van der Waals surface area contributed by atoms with E-state index in [9.17, 15) is 24.0 Å². The van der Waals surface area contributed by atoms with Gasteiger partial charge in [-0.3, -0.25) is 24.0 Å². The molecule has 0 aromatic rings. The number of unbranched alkanes of at least 4 members (excludes halogenated alkanes) is 12. The first-order chi connectivity index (χ1) is 42.0. The van der Waals surface area contributed by atoms with Gasteiger partial charge >= 0.3 is 0 Å². The molecule has 16 nitrogen and oxygen atoms in total. The number of piperidine rings is 1. The largest absolute Gasteiger partial charge is 0.385 e. The minimum Gasteiger partial charge on any atom is -0.385 e. The van der Waals surface area contributed by atoms with E-state index in [-0.39, 0.29) is 23.7 Å². The standard InChI is InChI=1S/C15H27NO2.C14H27NO3.C14H27NO2.C14H26O3.C12H23NO2/c1-14(2)18-13-9-4-3-6-10-15(17)16-11-7-5-8-12-16;1-13(2)18-10-6-4-3-5-7-14(16)15-8-11-17-12-9-15;1-13(2)17-12-8-4-3-5-9-14(16)15-10-6-7-11-15;1-13(2)17-12-7-5-4-6-9-14(15)10-8-11-16-3;1-11(2)15-10-8-6-5-7-9-12(14)13(3)4/h6,10,14H,3-5,7-9,11-13H2,1-2H3;13H,3-12H2,1-2H3;13H,3-12H2,1-2H3;6,9,13H,4-5,7-8,10-12H2,1-3H3;7,9,11H,5-6,8,10H2,1-4H3/b10-6+;;;9-6+;9-7+/i;;;;3D3. The molecule has 0 spiro atoms. The summed E-state index contributed by atoms with van der Waals surface area (Å²) < 4.78 is 58.6. The molecule has 0 aromatic heterocycles. The fourth-order valence-electron chi connectivity index (χ4n) is 8.64. The zero-order chi connectivity index (χ0) is 66.1. The molecule has 3 aliphatic heterocycles. The molecule has 3 rings (SSSR count). The molecule has 16 heteroatoms. The number of carbonyl (C=O) groups excluding carboxylic acids is 5. The van der Waals surface area contributed by atoms with Crippen LogP contribution in [0, 0.1) is 0 Å². The summed E-state index contributed by atoms with van der Waals surface area (Å²) in [6.45, 7) is 29.5. The predicted molar refractivity (Wildman–Crippen MR) is 349 cm³/mol. The fraction of sp³-hybridized carbons (Fsp3) is 0.841. The maximum absolute atomic E-state index is 11.8. The van der Waals surface area contributed by atoms with Crippen molar-refractivity contribution < 1.29 is 61.2 Å². The van der Waals surface area contributed by atoms with Gasteiger partial charge in [-0.25, -0.2) is 0 Å². The SMILES string of the molecule is CC(C)OCCCC/C=C/C(=O)N1CCCCC1.CC(C)OCCCCCCC(=O)N1CCCC1.CC(C)OCCCCCCC(=O)N1CCOCC1.COCCCC(=O)/C=C/CCCCOC(C)C.[2H]C([2H])([2H])N(C)C(=O)/C=C/CCCCOC(C)C. The first-order valence-electron chi connectivity index (χ1n) is 34.8. The van der Waals surface area contributed by atoms with Crippen LogP contribution in [0.5, 0.6) is 0 Å². The minimum absolute atomic E-state index is 0.188. The smallest absolute Gasteiger partial charge is 0.246 e. The van der Waals surface area contributed by atoms with Crippen LogP contribution in [0.2, 0.25) is 0 Å². The summed E-state index contributed by atoms with van der Waals surface area (Å²) in [5.41, 5.74) is 0. The number of allylic oxidation sites excluding steroid dienone is 4. The van der Waals surface area contributed by atoms with Crippen LogP contribution in [0.4, 0.5) is 0 Å². The highest BCUT2D eigenvalue weighted by atomic mass is 16.5. The van der Waals surface area contributed by atoms with Crippen molar-refractivity contribution in [1.82, 2.24) is 19.6 Å². The summed E-state index contributed by atoms with van der Waals surface area (Å²) in [4.78, 5) is 64.7. The summed E-state index contributed by atoms with van der Waals surface area (Å²) in [6.07, 6.45) is 38.5. The summed E-state index contributed by atoms with van der Waals surface area (Å²) in [7, 11) is 2.93. The molecule has 85 heavy (non-hydrogen) atoms. The van der Waals surface area contributed by atoms with Crippen molar-refractivity contribution in [3.8, 4) is 0 Å². The monoisotopic (exact) mass is 1210 g/mol. The lowest BCUT2D eigenvalue weighted by atomic mass is 10.1. The number of carbonyl (C=O) groups is 5. The van der Waals surface area contributed by atoms with E-state index in [0.717, 1.165) is 199 Å². The maximum atomic E-state index is 11.8. The van der Waals surface area contributed by atoms with Crippen molar-refractivity contribution in [3.63, 3.8) is 0 Å². The van der Waals surface area contributed by atoms with Gasteiger partial charge in [-0.1, -0.05) is 43.9 Å². The second kappa shape index (κ2) is 60.8. The van der Waals surface area contributed by atoms with Crippen molar-refractivity contribution in [3.05, 3.63) is 36.5 Å². The third kappa shape index (κ3) is 60.6. The van der Waals surface area contributed by atoms with E-state index in [1.807, 2.05) is 54.5 Å². The van der Waals surface area contributed by atoms with Gasteiger partial charge in [-0.15, -0.1) is 0 Å². The van der Waals surface area contributed by atoms with Gasteiger partial charge in [-0.05, 0) is 209 Å². The Labute approximate surface area is 524 Å². The number of likely N-dealkylation sites (tertiary alicyclic amines) is 2. The van der Waals surface area contributed by atoms with Gasteiger partial charge < -0.3 is 52.8 Å². The summed E-state index contributed by atoms with van der Waals surface area (Å²) in [5.74, 6) is 0.541. The molecular weight excluding hydrogens is 1080 g/mol. The first kappa shape index (κ1) is 77.6. The summed E-state index contributed by atoms with van der Waals surface area (Å²) >= 11 is 0. The Hall–Kier alpha value is -3.51. The van der Waals surface area contributed by atoms with Crippen LogP contribution < -0.4 is 0 Å². The molecule has 0 unspecified atom stereocenters. The Bertz CT molecular complexity index is 1760. The number of hydrogen-bond donors (Lipinski definition) is 0. The number of morpholine rings is 1. The third-order valence-corrected chi connectivity index (χ3v) is 13.5. The second-order valence-electron chi connectivity index (χ2n) is 23.5. The van der Waals surface area contributed by atoms with Gasteiger partial charge in [0.15, 0.2) is 5.78 Å². The number of hydrogen-bond acceptors (Lipinski definition) is 12. The Morgan fingerprint density at radius 2 is 0.800 bits per heavy atom. The van der Waals surface area contributed by atoms with Crippen molar-refractivity contribution in [1.29, 1.82) is 0 Å². The van der Waals surface area contributed by atoms with E-state index in [2.05, 4.69) is 41.5 Å². The van der Waals surface area contributed by atoms with Gasteiger partial charge in [0.2, 0.25) is 23.6 Å². The van der Waals surface area contributed by atoms with E-state index in [1.165, 1.54) is 38.8 Å². The second-order valence-corrected chi connectivity index (χ2v) is 23.5. The van der Waals surface area contributed by atoms with Crippen LogP contribution in [0.3, 0.4) is 0 Å². The normalized spacial score (nSPS) is 15.1. The van der Waals surface area contributed by atoms with E-state index in [0.29, 0.717) is 69.6 Å². The lowest BCUT2D eigenvalue weighted by Gasteiger charge is -2.26. The fourth-order valence-corrected chi connectivity index (χ4v) is 8.64. The maximum Gasteiger partial charge on any atom is 0.246 e. The molecule has 0 bridgehead atoms. The highest BCUT2D eigenvalue weighted by molar-refractivity contribution is 5.89. The Morgan fingerprint density at radius 1 is 0.435 bits per heavy atom. The Balaban J connectivity index is 0. The Morgan fingerprint density at radius 3 is 1.21 bits per heavy atom. The quantitative estimate of drug-likeness (QED) is 0.0421. The molecule has 3 heterocycles. The van der Waals surface area contributed by atoms with Gasteiger partial charge in [0.05, 0.1) is 43.7 Å². The lowest BCUT2D eigenvalue weighted by molar-refractivity contribution is -0.135. The number of likely N-dealkylation sites (N-methyl/N-ethyl adjacent to an activating group) is 1. The van der Waals surface area contributed by atoms with Gasteiger partial charge in [0.1, 0.15) is 0 Å². The number of rotatable bonds is 41. The number of ether oxygens (including phenoxy) is 7. The highest BCUT2D eigenvalue weighted by Gasteiger charge is 2.18. The molecule has 3 fully saturated rings. The number of methoxy groups -OCH3 is 1. The molecule has 0 radical (unpaired) electrons. The van der Waals surface area contributed by atoms with Gasteiger partial charge in [0, 0.05) is 123 Å². The van der Waals surface area contributed by atoms with Crippen LogP contribution in [-0.4, -0.2) is 193 Å². The van der Waals surface area contributed by atoms with Gasteiger partial charge in [0.25, 0.3) is 0 Å². The van der Waals surface area contributed by atoms with E-state index in [1.54, 1.807) is 25.3 Å². The van der Waals surface area contributed by atoms with Crippen LogP contribution >= 0.6 is 0 Å². The van der Waals surface area contributed by atoms with Crippen LogP contribution in [0.1, 0.15) is 240 Å². The number of ketones is 1. The molecule has 0 N–H and O–H groups in total. The minimum atomic E-state index is -2.37. The summed E-state index contributed by atoms with van der Waals surface area (Å²) in [5, 5.41) is 0. The third-order valence-electron chi connectivity index (χ3n) is 13.5. The molecule has 0 aliphatic carbocycles. The molecule has 0 aromatic carbocycles. The zero-order valence-corrected chi connectivity index (χ0v) is 56.3. The van der Waals surface area contributed by atoms with Gasteiger partial charge in [-0.2, -0.15) is 0 Å². The number of nitrogens with zero attached hydrogens (tertiary/aromatic N) is 4. The lowest BCUT2D eigenvalue weighted by Crippen LogP contribution is -2.40. The topological polar surface area (TPSA) is 163 Å². The predicted octanol–water partition coefficient (Wildman–Crippen LogP) is 13.7. The average molecular weight is 1210 g/mol. The molecule has 3 aliphatic rings. The molecule has 3 saturated heterocycles. The van der Waals surface area contributed by atoms with Crippen molar-refractivity contribution >= 4 is 29.4 Å². The van der Waals surface area contributed by atoms with Crippen molar-refractivity contribution in [2.75, 3.05) is 113 Å². The number of amides is 4. The molecule has 4 amide bonds. The molecule has 0 atom stereocenters. The van der Waals surface area contributed by atoms with E-state index < -0.39 is 12.9 Å². The summed E-state index contributed by atoms with van der Waals surface area (Å²) in [6, 6.07) is 0. The van der Waals surface area contributed by atoms with E-state index >= 15 is 0 Å². The average Bonchev–Trinajstić information content (AvgIpc) is 4.13. The highest BCUT2D eigenvalue weighted by Crippen LogP contribution is 2.13. The van der Waals surface area contributed by atoms with Crippen LogP contribution in [0.25, 0.3) is 0 Å². The van der Waals surface area contributed by atoms with Crippen LogP contribution in [-0.2, 0) is 57.1 Å². The zero-order valence-electron chi connectivity index (χ0n) is 59.3. The van der Waals surface area contributed by atoms with E-state index in [4.69, 9.17) is 37.3 Å². The van der Waals surface area contributed by atoms with Crippen LogP contribution in [0.15, 0.2) is 36.5 Å².